The summed E-state index contributed by atoms with van der Waals surface area (Å²) in [6.45, 7) is 3.19. The van der Waals surface area contributed by atoms with Gasteiger partial charge in [-0.05, 0) is 47.9 Å². The van der Waals surface area contributed by atoms with Gasteiger partial charge in [-0.3, -0.25) is 10.0 Å². The second-order valence-corrected chi connectivity index (χ2v) is 8.97. The minimum absolute atomic E-state index is 0.0316. The van der Waals surface area contributed by atoms with Gasteiger partial charge in [-0.25, -0.2) is 18.7 Å². The average molecular weight is 451 g/mol. The Hall–Kier alpha value is -2.95. The van der Waals surface area contributed by atoms with E-state index in [2.05, 4.69) is 4.74 Å². The van der Waals surface area contributed by atoms with Crippen molar-refractivity contribution in [1.29, 1.82) is 0 Å². The Morgan fingerprint density at radius 3 is 2.06 bits per heavy atom. The van der Waals surface area contributed by atoms with Crippen LogP contribution in [0.1, 0.15) is 29.8 Å². The molecule has 2 rings (SSSR count). The van der Waals surface area contributed by atoms with Gasteiger partial charge in [0.1, 0.15) is 11.8 Å². The third-order valence-electron chi connectivity index (χ3n) is 4.70. The number of nitrogens with one attached hydrogen (secondary N) is 1. The first-order valence-corrected chi connectivity index (χ1v) is 10.9. The first kappa shape index (κ1) is 24.3. The van der Waals surface area contributed by atoms with E-state index in [9.17, 15) is 23.2 Å². The summed E-state index contributed by atoms with van der Waals surface area (Å²) < 4.78 is 37.7. The fraction of sp³-hybridized carbons (Fsp3) is 0.333. The summed E-state index contributed by atoms with van der Waals surface area (Å²) in [6, 6.07) is 10.8. The van der Waals surface area contributed by atoms with E-state index in [1.807, 2.05) is 0 Å². The highest BCUT2D eigenvalue weighted by atomic mass is 32.2. The Balaban J connectivity index is 2.51. The molecule has 0 aliphatic carbocycles. The van der Waals surface area contributed by atoms with Gasteiger partial charge in [-0.15, -0.1) is 0 Å². The second-order valence-electron chi connectivity index (χ2n) is 7.08. The first-order valence-electron chi connectivity index (χ1n) is 9.42. The molecule has 0 radical (unpaired) electrons. The highest BCUT2D eigenvalue weighted by Crippen LogP contribution is 2.26. The lowest BCUT2D eigenvalue weighted by molar-refractivity contribution is -0.134. The molecule has 168 valence electrons. The van der Waals surface area contributed by atoms with E-state index in [-0.39, 0.29) is 11.4 Å². The smallest absolute Gasteiger partial charge is 0.337 e. The molecular formula is C21H26N2O7S. The summed E-state index contributed by atoms with van der Waals surface area (Å²) in [7, 11) is -1.41. The van der Waals surface area contributed by atoms with E-state index < -0.39 is 33.9 Å². The standard InChI is InChI=1S/C21H26N2O7S/c1-14(2)19(20(24)22-26)23(13-15-5-7-16(8-6-15)21(25)30-4)31(27,28)18-11-9-17(29-3)10-12-18/h5-12,14,19,26H,13H2,1-4H3,(H,22,24)/t19-/m1/s1. The van der Waals surface area contributed by atoms with Crippen LogP contribution < -0.4 is 10.2 Å². The normalized spacial score (nSPS) is 12.5. The van der Waals surface area contributed by atoms with Crippen molar-refractivity contribution in [2.45, 2.75) is 31.3 Å². The van der Waals surface area contributed by atoms with Crippen molar-refractivity contribution in [1.82, 2.24) is 9.79 Å². The predicted octanol–water partition coefficient (Wildman–Crippen LogP) is 2.20. The molecule has 0 aliphatic heterocycles. The fourth-order valence-electron chi connectivity index (χ4n) is 3.09. The van der Waals surface area contributed by atoms with E-state index in [1.54, 1.807) is 31.5 Å². The fourth-order valence-corrected chi connectivity index (χ4v) is 4.80. The van der Waals surface area contributed by atoms with Crippen LogP contribution in [0.2, 0.25) is 0 Å². The molecule has 2 aromatic rings. The maximum Gasteiger partial charge on any atom is 0.337 e. The summed E-state index contributed by atoms with van der Waals surface area (Å²) in [5, 5.41) is 9.21. The van der Waals surface area contributed by atoms with Gasteiger partial charge in [-0.1, -0.05) is 26.0 Å². The lowest BCUT2D eigenvalue weighted by Gasteiger charge is -2.32. The molecule has 0 aliphatic rings. The Morgan fingerprint density at radius 2 is 1.61 bits per heavy atom. The molecule has 2 aromatic carbocycles. The van der Waals surface area contributed by atoms with Crippen molar-refractivity contribution in [3.8, 4) is 5.75 Å². The van der Waals surface area contributed by atoms with Crippen LogP contribution in [-0.4, -0.2) is 50.1 Å². The topological polar surface area (TPSA) is 122 Å². The number of esters is 1. The number of methoxy groups -OCH3 is 2. The second kappa shape index (κ2) is 10.4. The van der Waals surface area contributed by atoms with E-state index in [4.69, 9.17) is 4.74 Å². The minimum Gasteiger partial charge on any atom is -0.497 e. The van der Waals surface area contributed by atoms with Gasteiger partial charge in [-0.2, -0.15) is 4.31 Å². The molecule has 0 unspecified atom stereocenters. The van der Waals surface area contributed by atoms with Crippen molar-refractivity contribution in [2.75, 3.05) is 14.2 Å². The van der Waals surface area contributed by atoms with Gasteiger partial charge >= 0.3 is 5.97 Å². The molecule has 1 atom stereocenters. The molecule has 0 saturated heterocycles. The lowest BCUT2D eigenvalue weighted by Crippen LogP contribution is -2.51. The third-order valence-corrected chi connectivity index (χ3v) is 6.54. The number of carbonyl (C=O) groups is 2. The monoisotopic (exact) mass is 450 g/mol. The predicted molar refractivity (Wildman–Crippen MR) is 112 cm³/mol. The van der Waals surface area contributed by atoms with E-state index >= 15 is 0 Å². The van der Waals surface area contributed by atoms with Crippen LogP contribution in [0, 0.1) is 5.92 Å². The van der Waals surface area contributed by atoms with Gasteiger partial charge in [0, 0.05) is 6.54 Å². The molecule has 9 nitrogen and oxygen atoms in total. The van der Waals surface area contributed by atoms with Crippen LogP contribution in [0.25, 0.3) is 0 Å². The highest BCUT2D eigenvalue weighted by molar-refractivity contribution is 7.89. The highest BCUT2D eigenvalue weighted by Gasteiger charge is 2.38. The Kier molecular flexibility index (Phi) is 8.14. The van der Waals surface area contributed by atoms with E-state index in [1.165, 1.54) is 50.6 Å². The van der Waals surface area contributed by atoms with Crippen molar-refractivity contribution >= 4 is 21.9 Å². The van der Waals surface area contributed by atoms with Crippen LogP contribution >= 0.6 is 0 Å². The zero-order chi connectivity index (χ0) is 23.2. The third kappa shape index (κ3) is 5.60. The number of nitrogens with zero attached hydrogens (tertiary/aromatic N) is 1. The van der Waals surface area contributed by atoms with Gasteiger partial charge in [0.25, 0.3) is 5.91 Å². The summed E-state index contributed by atoms with van der Waals surface area (Å²) in [6.07, 6.45) is 0. The lowest BCUT2D eigenvalue weighted by atomic mass is 10.0. The van der Waals surface area contributed by atoms with Crippen molar-refractivity contribution in [3.63, 3.8) is 0 Å². The van der Waals surface area contributed by atoms with Gasteiger partial charge in [0.05, 0.1) is 24.7 Å². The van der Waals surface area contributed by atoms with Crippen molar-refractivity contribution < 1.29 is 32.7 Å². The number of benzene rings is 2. The van der Waals surface area contributed by atoms with Crippen LogP contribution in [0.5, 0.6) is 5.75 Å². The molecule has 0 heterocycles. The summed E-state index contributed by atoms with van der Waals surface area (Å²) in [5.74, 6) is -1.33. The van der Waals surface area contributed by atoms with Gasteiger partial charge in [0.2, 0.25) is 10.0 Å². The minimum atomic E-state index is -4.14. The molecule has 0 bridgehead atoms. The summed E-state index contributed by atoms with van der Waals surface area (Å²) in [5.41, 5.74) is 2.41. The Bertz CT molecular complexity index is 1000. The largest absolute Gasteiger partial charge is 0.497 e. The molecule has 1 amide bonds. The molecule has 0 spiro atoms. The maximum absolute atomic E-state index is 13.5. The van der Waals surface area contributed by atoms with Crippen LogP contribution in [0.4, 0.5) is 0 Å². The SMILES string of the molecule is COC(=O)c1ccc(CN([C@@H](C(=O)NO)C(C)C)S(=O)(=O)c2ccc(OC)cc2)cc1. The molecule has 31 heavy (non-hydrogen) atoms. The number of sulfonamides is 1. The van der Waals surface area contributed by atoms with Crippen molar-refractivity contribution in [3.05, 3.63) is 59.7 Å². The zero-order valence-corrected chi connectivity index (χ0v) is 18.5. The summed E-state index contributed by atoms with van der Waals surface area (Å²) >= 11 is 0. The molecule has 0 aromatic heterocycles. The van der Waals surface area contributed by atoms with Crippen LogP contribution in [0.15, 0.2) is 53.4 Å². The number of carbonyl (C=O) groups excluding carboxylic acids is 2. The molecule has 0 saturated carbocycles. The number of ether oxygens (including phenoxy) is 2. The van der Waals surface area contributed by atoms with Crippen LogP contribution in [0.3, 0.4) is 0 Å². The molecule has 0 fully saturated rings. The van der Waals surface area contributed by atoms with E-state index in [0.29, 0.717) is 16.9 Å². The van der Waals surface area contributed by atoms with Gasteiger partial charge in [0.15, 0.2) is 0 Å². The van der Waals surface area contributed by atoms with Gasteiger partial charge < -0.3 is 9.47 Å². The number of hydrogen-bond acceptors (Lipinski definition) is 7. The maximum atomic E-state index is 13.5. The number of rotatable bonds is 9. The average Bonchev–Trinajstić information content (AvgIpc) is 2.78. The van der Waals surface area contributed by atoms with E-state index in [0.717, 1.165) is 4.31 Å². The quantitative estimate of drug-likeness (QED) is 0.341. The summed E-state index contributed by atoms with van der Waals surface area (Å²) in [4.78, 5) is 24.0. The molecular weight excluding hydrogens is 424 g/mol. The molecule has 2 N–H and O–H groups in total. The Morgan fingerprint density at radius 1 is 1.03 bits per heavy atom. The Labute approximate surface area is 181 Å². The number of hydroxylamine groups is 1. The first-order chi connectivity index (χ1) is 14.6. The number of hydrogen-bond donors (Lipinski definition) is 2. The molecule has 10 heteroatoms. The zero-order valence-electron chi connectivity index (χ0n) is 17.7. The number of amides is 1. The van der Waals surface area contributed by atoms with Crippen LogP contribution in [-0.2, 0) is 26.1 Å². The van der Waals surface area contributed by atoms with Crippen molar-refractivity contribution in [2.24, 2.45) is 5.92 Å².